The number of nitrogens with zero attached hydrogens (tertiary/aromatic N) is 2. The molecule has 0 aromatic heterocycles. The first kappa shape index (κ1) is 20.4. The van der Waals surface area contributed by atoms with Crippen LogP contribution in [0, 0.1) is 5.92 Å². The number of guanidine groups is 1. The Balaban J connectivity index is 2.30. The highest BCUT2D eigenvalue weighted by Crippen LogP contribution is 2.22. The third kappa shape index (κ3) is 9.96. The summed E-state index contributed by atoms with van der Waals surface area (Å²) in [5.41, 5.74) is 0. The molecule has 0 amide bonds. The molecule has 0 aromatic carbocycles. The second kappa shape index (κ2) is 11.0. The summed E-state index contributed by atoms with van der Waals surface area (Å²) in [5.74, 6) is 2.14. The van der Waals surface area contributed by atoms with Crippen molar-refractivity contribution in [2.75, 3.05) is 51.3 Å². The molecule has 2 N–H and O–H groups in total. The number of hydrogen-bond acceptors (Lipinski definition) is 3. The van der Waals surface area contributed by atoms with Gasteiger partial charge in [-0.05, 0) is 50.7 Å². The lowest BCUT2D eigenvalue weighted by Crippen LogP contribution is -2.38. The first-order chi connectivity index (χ1) is 10.9. The smallest absolute Gasteiger partial charge is 0.357 e. The van der Waals surface area contributed by atoms with Gasteiger partial charge in [-0.3, -0.25) is 9.89 Å². The van der Waals surface area contributed by atoms with Gasteiger partial charge in [0.15, 0.2) is 5.96 Å². The van der Waals surface area contributed by atoms with Crippen molar-refractivity contribution in [1.82, 2.24) is 15.5 Å². The molecule has 4 nitrogen and oxygen atoms in total. The monoisotopic (exact) mass is 354 g/mol. The average molecular weight is 354 g/mol. The fourth-order valence-electron chi connectivity index (χ4n) is 2.60. The molecule has 136 valence electrons. The largest absolute Gasteiger partial charge is 0.401 e. The summed E-state index contributed by atoms with van der Waals surface area (Å²) in [5, 5.41) is 6.48. The van der Waals surface area contributed by atoms with Crippen LogP contribution in [0.25, 0.3) is 0 Å². The van der Waals surface area contributed by atoms with Crippen LogP contribution in [-0.2, 0) is 0 Å². The first-order valence-electron chi connectivity index (χ1n) is 8.24. The van der Waals surface area contributed by atoms with Crippen molar-refractivity contribution in [1.29, 1.82) is 0 Å². The molecule has 1 rings (SSSR count). The summed E-state index contributed by atoms with van der Waals surface area (Å²) in [6, 6.07) is 0. The first-order valence-corrected chi connectivity index (χ1v) is 9.64. The number of likely N-dealkylation sites (tertiary alicyclic amines) is 1. The number of thioether (sulfide) groups is 1. The maximum atomic E-state index is 12.4. The third-order valence-electron chi connectivity index (χ3n) is 3.69. The van der Waals surface area contributed by atoms with E-state index in [2.05, 4.69) is 21.9 Å². The molecule has 0 spiro atoms. The van der Waals surface area contributed by atoms with Crippen LogP contribution in [0.3, 0.4) is 0 Å². The van der Waals surface area contributed by atoms with Crippen LogP contribution in [0.4, 0.5) is 13.2 Å². The van der Waals surface area contributed by atoms with Gasteiger partial charge >= 0.3 is 6.18 Å². The zero-order chi connectivity index (χ0) is 17.1. The lowest BCUT2D eigenvalue weighted by molar-refractivity contribution is -0.143. The van der Waals surface area contributed by atoms with Gasteiger partial charge in [-0.25, -0.2) is 0 Å². The second-order valence-corrected chi connectivity index (χ2v) is 6.84. The van der Waals surface area contributed by atoms with E-state index in [0.29, 0.717) is 19.6 Å². The van der Waals surface area contributed by atoms with Gasteiger partial charge in [0.1, 0.15) is 0 Å². The lowest BCUT2D eigenvalue weighted by Gasteiger charge is -2.17. The van der Waals surface area contributed by atoms with Gasteiger partial charge in [0, 0.05) is 26.2 Å². The molecule has 0 bridgehead atoms. The van der Waals surface area contributed by atoms with E-state index in [0.717, 1.165) is 37.6 Å². The molecular weight excluding hydrogens is 325 g/mol. The van der Waals surface area contributed by atoms with E-state index < -0.39 is 12.7 Å². The Labute approximate surface area is 141 Å². The summed E-state index contributed by atoms with van der Waals surface area (Å²) in [7, 11) is 0. The molecule has 1 atom stereocenters. The van der Waals surface area contributed by atoms with Crippen LogP contribution in [0.2, 0.25) is 0 Å². The standard InChI is InChI=1S/C15H29F3N4S/c1-3-19-14(20-7-4-5-9-23-2)21-10-13-6-8-22(11-13)12-15(16,17)18/h13H,3-12H2,1-2H3,(H2,19,20,21). The number of nitrogens with one attached hydrogen (secondary N) is 2. The Bertz CT molecular complexity index is 350. The highest BCUT2D eigenvalue weighted by molar-refractivity contribution is 7.98. The Morgan fingerprint density at radius 2 is 2.09 bits per heavy atom. The summed E-state index contributed by atoms with van der Waals surface area (Å²) in [4.78, 5) is 6.00. The molecule has 0 aromatic rings. The normalized spacial score (nSPS) is 20.0. The van der Waals surface area contributed by atoms with E-state index in [1.165, 1.54) is 11.3 Å². The molecule has 8 heteroatoms. The number of aliphatic imine (C=N–C) groups is 1. The minimum atomic E-state index is -4.11. The topological polar surface area (TPSA) is 39.7 Å². The van der Waals surface area contributed by atoms with Crippen molar-refractivity contribution < 1.29 is 13.2 Å². The second-order valence-electron chi connectivity index (χ2n) is 5.85. The fourth-order valence-corrected chi connectivity index (χ4v) is 3.09. The van der Waals surface area contributed by atoms with Gasteiger partial charge in [0.25, 0.3) is 0 Å². The van der Waals surface area contributed by atoms with Crippen LogP contribution in [-0.4, -0.2) is 68.3 Å². The van der Waals surface area contributed by atoms with Crippen molar-refractivity contribution in [3.8, 4) is 0 Å². The van der Waals surface area contributed by atoms with E-state index in [1.54, 1.807) is 0 Å². The third-order valence-corrected chi connectivity index (χ3v) is 4.39. The highest BCUT2D eigenvalue weighted by atomic mass is 32.2. The quantitative estimate of drug-likeness (QED) is 0.379. The van der Waals surface area contributed by atoms with E-state index in [1.807, 2.05) is 18.7 Å². The van der Waals surface area contributed by atoms with Crippen molar-refractivity contribution in [2.24, 2.45) is 10.9 Å². The minimum absolute atomic E-state index is 0.212. The molecule has 1 saturated heterocycles. The van der Waals surface area contributed by atoms with Crippen LogP contribution < -0.4 is 10.6 Å². The molecule has 1 aliphatic rings. The number of hydrogen-bond donors (Lipinski definition) is 2. The van der Waals surface area contributed by atoms with E-state index in [9.17, 15) is 13.2 Å². The molecular formula is C15H29F3N4S. The van der Waals surface area contributed by atoms with Crippen LogP contribution in [0.5, 0.6) is 0 Å². The molecule has 1 heterocycles. The van der Waals surface area contributed by atoms with Crippen molar-refractivity contribution in [3.63, 3.8) is 0 Å². The molecule has 23 heavy (non-hydrogen) atoms. The van der Waals surface area contributed by atoms with E-state index >= 15 is 0 Å². The number of alkyl halides is 3. The Morgan fingerprint density at radius 3 is 2.74 bits per heavy atom. The van der Waals surface area contributed by atoms with Gasteiger partial charge in [0.05, 0.1) is 6.54 Å². The van der Waals surface area contributed by atoms with Gasteiger partial charge < -0.3 is 10.6 Å². The average Bonchev–Trinajstić information content (AvgIpc) is 2.89. The maximum Gasteiger partial charge on any atom is 0.401 e. The molecule has 0 saturated carbocycles. The lowest BCUT2D eigenvalue weighted by atomic mass is 10.1. The number of halogens is 3. The predicted molar refractivity (Wildman–Crippen MR) is 92.2 cm³/mol. The van der Waals surface area contributed by atoms with Crippen LogP contribution >= 0.6 is 11.8 Å². The van der Waals surface area contributed by atoms with Gasteiger partial charge in [-0.15, -0.1) is 0 Å². The van der Waals surface area contributed by atoms with Gasteiger partial charge in [-0.2, -0.15) is 24.9 Å². The Hall–Kier alpha value is -0.630. The highest BCUT2D eigenvalue weighted by Gasteiger charge is 2.34. The van der Waals surface area contributed by atoms with E-state index in [-0.39, 0.29) is 5.92 Å². The molecule has 0 radical (unpaired) electrons. The SMILES string of the molecule is CCNC(=NCC1CCN(CC(F)(F)F)C1)NCCCCSC. The minimum Gasteiger partial charge on any atom is -0.357 e. The van der Waals surface area contributed by atoms with E-state index in [4.69, 9.17) is 0 Å². The summed E-state index contributed by atoms with van der Waals surface area (Å²) >= 11 is 1.84. The van der Waals surface area contributed by atoms with Crippen molar-refractivity contribution in [3.05, 3.63) is 0 Å². The molecule has 1 fully saturated rings. The van der Waals surface area contributed by atoms with Crippen molar-refractivity contribution >= 4 is 17.7 Å². The van der Waals surface area contributed by atoms with Gasteiger partial charge in [-0.1, -0.05) is 0 Å². The summed E-state index contributed by atoms with van der Waals surface area (Å²) < 4.78 is 37.2. The van der Waals surface area contributed by atoms with Crippen LogP contribution in [0.1, 0.15) is 26.2 Å². The van der Waals surface area contributed by atoms with Crippen LogP contribution in [0.15, 0.2) is 4.99 Å². The maximum absolute atomic E-state index is 12.4. The Morgan fingerprint density at radius 1 is 1.30 bits per heavy atom. The number of unbranched alkanes of at least 4 members (excludes halogenated alkanes) is 1. The molecule has 1 aliphatic heterocycles. The number of rotatable bonds is 9. The predicted octanol–water partition coefficient (Wildman–Crippen LogP) is 2.57. The summed E-state index contributed by atoms with van der Waals surface area (Å²) in [6.07, 6.45) is 1.04. The summed E-state index contributed by atoms with van der Waals surface area (Å²) in [6.45, 7) is 4.42. The zero-order valence-corrected chi connectivity index (χ0v) is 14.9. The Kier molecular flexibility index (Phi) is 9.78. The zero-order valence-electron chi connectivity index (χ0n) is 14.1. The molecule has 1 unspecified atom stereocenters. The van der Waals surface area contributed by atoms with Gasteiger partial charge in [0.2, 0.25) is 0 Å². The van der Waals surface area contributed by atoms with Crippen molar-refractivity contribution in [2.45, 2.75) is 32.4 Å². The fraction of sp³-hybridized carbons (Fsp3) is 0.933. The molecule has 0 aliphatic carbocycles.